The number of nitrogens with two attached hydrogens (primary N) is 1. The number of piperidine rings is 1. The number of hydrogen-bond donors (Lipinski definition) is 1. The van der Waals surface area contributed by atoms with Gasteiger partial charge >= 0.3 is 0 Å². The summed E-state index contributed by atoms with van der Waals surface area (Å²) >= 11 is 6.27. The number of halogens is 1. The number of alkyl halides is 1. The molecule has 0 amide bonds. The zero-order chi connectivity index (χ0) is 7.68. The van der Waals surface area contributed by atoms with Gasteiger partial charge < -0.3 is 5.32 Å². The average molecular weight is 175 g/mol. The Morgan fingerprint density at radius 3 is 2.73 bits per heavy atom. The molecule has 1 aliphatic heterocycles. The van der Waals surface area contributed by atoms with E-state index in [1.54, 1.807) is 0 Å². The third-order valence-electron chi connectivity index (χ3n) is 3.25. The molecule has 2 fully saturated rings. The summed E-state index contributed by atoms with van der Waals surface area (Å²) in [4.78, 5) is 0. The maximum Gasteiger partial charge on any atom is 0.0901 e. The summed E-state index contributed by atoms with van der Waals surface area (Å²) in [7, 11) is 0. The molecule has 1 saturated carbocycles. The number of hydrogen-bond acceptors (Lipinski definition) is 0. The monoisotopic (exact) mass is 174 g/mol. The van der Waals surface area contributed by atoms with Gasteiger partial charge in [-0.3, -0.25) is 0 Å². The molecule has 0 spiro atoms. The second-order valence-corrected chi connectivity index (χ2v) is 4.50. The Labute approximate surface area is 73.5 Å². The van der Waals surface area contributed by atoms with Gasteiger partial charge in [0.2, 0.25) is 0 Å². The number of rotatable bonds is 0. The van der Waals surface area contributed by atoms with Crippen molar-refractivity contribution in [2.75, 3.05) is 6.54 Å². The zero-order valence-electron chi connectivity index (χ0n) is 6.93. The van der Waals surface area contributed by atoms with Crippen molar-refractivity contribution in [1.82, 2.24) is 0 Å². The maximum atomic E-state index is 6.27. The van der Waals surface area contributed by atoms with Crippen molar-refractivity contribution >= 4 is 11.6 Å². The third-order valence-corrected chi connectivity index (χ3v) is 3.79. The SMILES string of the molecule is Cl[C@@H]1CC[NH2+][C@@H]2CCCC[C@@H]12. The predicted molar refractivity (Wildman–Crippen MR) is 46.8 cm³/mol. The smallest absolute Gasteiger partial charge is 0.0901 e. The van der Waals surface area contributed by atoms with Gasteiger partial charge in [-0.25, -0.2) is 0 Å². The minimum absolute atomic E-state index is 0.491. The molecule has 2 rings (SSSR count). The molecule has 0 aromatic rings. The molecule has 1 heterocycles. The zero-order valence-corrected chi connectivity index (χ0v) is 7.69. The van der Waals surface area contributed by atoms with E-state index in [4.69, 9.17) is 11.6 Å². The summed E-state index contributed by atoms with van der Waals surface area (Å²) in [6.45, 7) is 1.26. The predicted octanol–water partition coefficient (Wildman–Crippen LogP) is 1.12. The Bertz CT molecular complexity index is 136. The van der Waals surface area contributed by atoms with Crippen LogP contribution in [0.1, 0.15) is 32.1 Å². The van der Waals surface area contributed by atoms with Crippen molar-refractivity contribution in [3.05, 3.63) is 0 Å². The molecule has 3 atom stereocenters. The van der Waals surface area contributed by atoms with Gasteiger partial charge in [-0.15, -0.1) is 11.6 Å². The van der Waals surface area contributed by atoms with Gasteiger partial charge in [0.05, 0.1) is 12.6 Å². The highest BCUT2D eigenvalue weighted by Crippen LogP contribution is 2.30. The molecule has 0 radical (unpaired) electrons. The van der Waals surface area contributed by atoms with Gasteiger partial charge in [0.15, 0.2) is 0 Å². The van der Waals surface area contributed by atoms with Crippen LogP contribution < -0.4 is 5.32 Å². The molecule has 0 bridgehead atoms. The average Bonchev–Trinajstić information content (AvgIpc) is 2.06. The lowest BCUT2D eigenvalue weighted by Crippen LogP contribution is -2.94. The van der Waals surface area contributed by atoms with Gasteiger partial charge in [-0.05, 0) is 19.3 Å². The van der Waals surface area contributed by atoms with E-state index in [0.717, 1.165) is 12.0 Å². The van der Waals surface area contributed by atoms with Crippen molar-refractivity contribution in [2.24, 2.45) is 5.92 Å². The van der Waals surface area contributed by atoms with Crippen molar-refractivity contribution in [1.29, 1.82) is 0 Å². The van der Waals surface area contributed by atoms with Gasteiger partial charge in [-0.2, -0.15) is 0 Å². The fourth-order valence-electron chi connectivity index (χ4n) is 2.61. The van der Waals surface area contributed by atoms with Crippen LogP contribution in [0.3, 0.4) is 0 Å². The van der Waals surface area contributed by atoms with Crippen LogP contribution >= 0.6 is 11.6 Å². The van der Waals surface area contributed by atoms with E-state index < -0.39 is 0 Å². The molecule has 2 heteroatoms. The summed E-state index contributed by atoms with van der Waals surface area (Å²) in [5.41, 5.74) is 0. The second kappa shape index (κ2) is 3.32. The second-order valence-electron chi connectivity index (χ2n) is 3.94. The lowest BCUT2D eigenvalue weighted by atomic mass is 9.79. The summed E-state index contributed by atoms with van der Waals surface area (Å²) < 4.78 is 0. The minimum atomic E-state index is 0.491. The first-order valence-corrected chi connectivity index (χ1v) is 5.29. The first-order chi connectivity index (χ1) is 5.38. The van der Waals surface area contributed by atoms with Gasteiger partial charge in [0.25, 0.3) is 0 Å². The molecule has 64 valence electrons. The Hall–Kier alpha value is 0.250. The van der Waals surface area contributed by atoms with Crippen LogP contribution in [0.5, 0.6) is 0 Å². The molecule has 0 aromatic carbocycles. The third kappa shape index (κ3) is 1.54. The number of fused-ring (bicyclic) bond motifs is 1. The van der Waals surface area contributed by atoms with E-state index in [0.29, 0.717) is 5.38 Å². The van der Waals surface area contributed by atoms with Gasteiger partial charge in [0.1, 0.15) is 0 Å². The van der Waals surface area contributed by atoms with Gasteiger partial charge in [0, 0.05) is 17.7 Å². The highest BCUT2D eigenvalue weighted by atomic mass is 35.5. The lowest BCUT2D eigenvalue weighted by Gasteiger charge is -2.36. The van der Waals surface area contributed by atoms with Crippen LogP contribution in [0.4, 0.5) is 0 Å². The summed E-state index contributed by atoms with van der Waals surface area (Å²) in [6, 6.07) is 0.875. The first kappa shape index (κ1) is 7.88. The Morgan fingerprint density at radius 2 is 1.91 bits per heavy atom. The Balaban J connectivity index is 1.99. The first-order valence-electron chi connectivity index (χ1n) is 4.85. The van der Waals surface area contributed by atoms with E-state index in [9.17, 15) is 0 Å². The highest BCUT2D eigenvalue weighted by molar-refractivity contribution is 6.20. The fourth-order valence-corrected chi connectivity index (χ4v) is 3.05. The summed E-state index contributed by atoms with van der Waals surface area (Å²) in [5, 5.41) is 3.01. The van der Waals surface area contributed by atoms with Crippen molar-refractivity contribution in [3.8, 4) is 0 Å². The molecule has 2 aliphatic rings. The molecule has 2 N–H and O–H groups in total. The Kier molecular flexibility index (Phi) is 2.38. The van der Waals surface area contributed by atoms with E-state index in [2.05, 4.69) is 5.32 Å². The normalized spacial score (nSPS) is 45.0. The van der Waals surface area contributed by atoms with E-state index in [1.807, 2.05) is 0 Å². The topological polar surface area (TPSA) is 16.6 Å². The summed E-state index contributed by atoms with van der Waals surface area (Å²) in [6.07, 6.45) is 6.87. The lowest BCUT2D eigenvalue weighted by molar-refractivity contribution is -0.706. The quantitative estimate of drug-likeness (QED) is 0.531. The van der Waals surface area contributed by atoms with Crippen molar-refractivity contribution in [2.45, 2.75) is 43.5 Å². The molecule has 1 nitrogen and oxygen atoms in total. The molecule has 1 saturated heterocycles. The Morgan fingerprint density at radius 1 is 1.09 bits per heavy atom. The fraction of sp³-hybridized carbons (Fsp3) is 1.00. The van der Waals surface area contributed by atoms with Gasteiger partial charge in [-0.1, -0.05) is 6.42 Å². The van der Waals surface area contributed by atoms with E-state index in [-0.39, 0.29) is 0 Å². The van der Waals surface area contributed by atoms with E-state index >= 15 is 0 Å². The van der Waals surface area contributed by atoms with Crippen LogP contribution in [0.15, 0.2) is 0 Å². The minimum Gasteiger partial charge on any atom is -0.344 e. The largest absolute Gasteiger partial charge is 0.344 e. The van der Waals surface area contributed by atoms with Crippen LogP contribution in [-0.2, 0) is 0 Å². The standard InChI is InChI=1S/C9H16ClN/c10-8-5-6-11-9-4-2-1-3-7(8)9/h7-9,11H,1-6H2/p+1/t7-,8+,9+/m0/s1. The van der Waals surface area contributed by atoms with Crippen LogP contribution in [-0.4, -0.2) is 18.0 Å². The molecular formula is C9H17ClN+. The van der Waals surface area contributed by atoms with E-state index in [1.165, 1.54) is 38.6 Å². The van der Waals surface area contributed by atoms with Crippen molar-refractivity contribution in [3.63, 3.8) is 0 Å². The molecule has 1 aliphatic carbocycles. The van der Waals surface area contributed by atoms with Crippen LogP contribution in [0.25, 0.3) is 0 Å². The van der Waals surface area contributed by atoms with Crippen LogP contribution in [0.2, 0.25) is 0 Å². The van der Waals surface area contributed by atoms with Crippen LogP contribution in [0, 0.1) is 5.92 Å². The molecule has 11 heavy (non-hydrogen) atoms. The molecule has 0 aromatic heterocycles. The number of quaternary nitrogens is 1. The molecular weight excluding hydrogens is 158 g/mol. The maximum absolute atomic E-state index is 6.27. The molecule has 0 unspecified atom stereocenters. The van der Waals surface area contributed by atoms with Crippen molar-refractivity contribution < 1.29 is 5.32 Å². The highest BCUT2D eigenvalue weighted by Gasteiger charge is 2.36. The summed E-state index contributed by atoms with van der Waals surface area (Å²) in [5.74, 6) is 0.833.